The molecule has 9 aromatic carbocycles. The van der Waals surface area contributed by atoms with Crippen molar-refractivity contribution >= 4 is 89.3 Å². The molecular weight excluding hydrogens is 820 g/mol. The Labute approximate surface area is 389 Å². The van der Waals surface area contributed by atoms with Crippen LogP contribution in [0.2, 0.25) is 0 Å². The van der Waals surface area contributed by atoms with E-state index >= 15 is 0 Å². The minimum absolute atomic E-state index is 0.0378. The van der Waals surface area contributed by atoms with Gasteiger partial charge in [0, 0.05) is 48.9 Å². The van der Waals surface area contributed by atoms with Crippen molar-refractivity contribution in [2.24, 2.45) is 0 Å². The predicted molar refractivity (Wildman–Crippen MR) is 281 cm³/mol. The summed E-state index contributed by atoms with van der Waals surface area (Å²) in [7, 11) is 0.756. The summed E-state index contributed by atoms with van der Waals surface area (Å²) in [6, 6.07) is 75.9. The van der Waals surface area contributed by atoms with Gasteiger partial charge in [-0.3, -0.25) is 0 Å². The van der Waals surface area contributed by atoms with Crippen LogP contribution < -0.4 is 20.5 Å². The van der Waals surface area contributed by atoms with Crippen molar-refractivity contribution in [1.29, 1.82) is 0 Å². The average molecular weight is 865 g/mol. The molecule has 3 nitrogen and oxygen atoms in total. The van der Waals surface area contributed by atoms with Crippen LogP contribution in [-0.2, 0) is 10.8 Å². The van der Waals surface area contributed by atoms with Crippen molar-refractivity contribution in [3.8, 4) is 22.3 Å². The Morgan fingerprint density at radius 3 is 1.97 bits per heavy atom. The zero-order valence-electron chi connectivity index (χ0n) is 37.1. The molecule has 0 atom stereocenters. The zero-order chi connectivity index (χ0) is 44.1. The summed E-state index contributed by atoms with van der Waals surface area (Å²) in [6.07, 6.45) is 0. The van der Waals surface area contributed by atoms with E-state index in [1.54, 1.807) is 0 Å². The molecule has 314 valence electrons. The van der Waals surface area contributed by atoms with E-state index in [0.717, 1.165) is 57.4 Å². The van der Waals surface area contributed by atoms with Crippen molar-refractivity contribution in [2.45, 2.75) is 31.6 Å². The number of para-hydroxylation sites is 3. The van der Waals surface area contributed by atoms with Crippen LogP contribution in [0.1, 0.15) is 48.6 Å². The smallest absolute Gasteiger partial charge is 0.211 e. The molecule has 11 aromatic rings. The molecule has 0 amide bonds. The molecule has 2 aromatic heterocycles. The van der Waals surface area contributed by atoms with Gasteiger partial charge in [0.2, 0.25) is 7.28 Å². The SMILES string of the molecule is CC(C)(C)c1ccc(N2c3cc4c(oc5ccccc54)c(-c4cccc5c4Nc4ccccc4C5(c4ccccc4)c4ccccc4)c3Bc3sc4ccccc4c32)c(-c2ccccc2)c1. The average Bonchev–Trinajstić information content (AvgIpc) is 3.92. The minimum Gasteiger partial charge on any atom is -0.455 e. The van der Waals surface area contributed by atoms with Gasteiger partial charge in [0.25, 0.3) is 0 Å². The van der Waals surface area contributed by atoms with Crippen LogP contribution in [0.3, 0.4) is 0 Å². The maximum absolute atomic E-state index is 7.18. The first kappa shape index (κ1) is 38.8. The number of anilines is 5. The molecule has 0 unspecified atom stereocenters. The van der Waals surface area contributed by atoms with E-state index in [-0.39, 0.29) is 5.41 Å². The van der Waals surface area contributed by atoms with Gasteiger partial charge in [-0.05, 0) is 85.4 Å². The molecule has 1 N–H and O–H groups in total. The second-order valence-electron chi connectivity index (χ2n) is 18.8. The Morgan fingerprint density at radius 1 is 0.561 bits per heavy atom. The van der Waals surface area contributed by atoms with Crippen LogP contribution in [0, 0.1) is 0 Å². The Hall–Kier alpha value is -7.60. The molecule has 2 aliphatic rings. The monoisotopic (exact) mass is 864 g/mol. The number of hydrogen-bond acceptors (Lipinski definition) is 4. The fraction of sp³-hybridized carbons (Fsp3) is 0.0820. The van der Waals surface area contributed by atoms with Gasteiger partial charge in [0.15, 0.2) is 0 Å². The lowest BCUT2D eigenvalue weighted by atomic mass is 9.60. The number of benzene rings is 9. The normalized spacial score (nSPS) is 13.7. The van der Waals surface area contributed by atoms with E-state index in [0.29, 0.717) is 0 Å². The third-order valence-electron chi connectivity index (χ3n) is 14.1. The Bertz CT molecular complexity index is 3660. The highest BCUT2D eigenvalue weighted by atomic mass is 32.1. The maximum Gasteiger partial charge on any atom is 0.211 e. The number of fused-ring (bicyclic) bond motifs is 9. The van der Waals surface area contributed by atoms with Crippen molar-refractivity contribution < 1.29 is 4.42 Å². The summed E-state index contributed by atoms with van der Waals surface area (Å²) in [4.78, 5) is 2.60. The lowest BCUT2D eigenvalue weighted by Crippen LogP contribution is -2.39. The molecule has 13 rings (SSSR count). The van der Waals surface area contributed by atoms with Crippen LogP contribution in [0.25, 0.3) is 54.3 Å². The van der Waals surface area contributed by atoms with Gasteiger partial charge in [0.05, 0.1) is 22.5 Å². The first-order valence-corrected chi connectivity index (χ1v) is 23.8. The largest absolute Gasteiger partial charge is 0.455 e. The van der Waals surface area contributed by atoms with Gasteiger partial charge < -0.3 is 14.6 Å². The topological polar surface area (TPSA) is 28.4 Å². The number of nitrogens with zero attached hydrogens (tertiary/aromatic N) is 1. The summed E-state index contributed by atoms with van der Waals surface area (Å²) in [6.45, 7) is 6.92. The van der Waals surface area contributed by atoms with E-state index in [2.05, 4.69) is 237 Å². The summed E-state index contributed by atoms with van der Waals surface area (Å²) >= 11 is 1.91. The lowest BCUT2D eigenvalue weighted by molar-refractivity contribution is 0.590. The van der Waals surface area contributed by atoms with Gasteiger partial charge in [0.1, 0.15) is 11.2 Å². The van der Waals surface area contributed by atoms with Crippen molar-refractivity contribution in [2.75, 3.05) is 10.2 Å². The fourth-order valence-corrected chi connectivity index (χ4v) is 12.3. The van der Waals surface area contributed by atoms with Crippen LogP contribution in [0.5, 0.6) is 0 Å². The molecule has 0 spiro atoms. The molecule has 0 aliphatic carbocycles. The highest BCUT2D eigenvalue weighted by Crippen LogP contribution is 2.57. The van der Waals surface area contributed by atoms with Crippen LogP contribution >= 0.6 is 11.3 Å². The molecule has 0 saturated carbocycles. The fourth-order valence-electron chi connectivity index (χ4n) is 11.1. The van der Waals surface area contributed by atoms with E-state index in [4.69, 9.17) is 4.42 Å². The molecule has 5 heteroatoms. The number of hydrogen-bond donors (Lipinski definition) is 1. The second kappa shape index (κ2) is 14.7. The van der Waals surface area contributed by atoms with E-state index < -0.39 is 5.41 Å². The van der Waals surface area contributed by atoms with E-state index in [1.807, 2.05) is 11.3 Å². The number of furan rings is 1. The Kier molecular flexibility index (Phi) is 8.66. The molecule has 0 saturated heterocycles. The minimum atomic E-state index is -0.610. The quantitative estimate of drug-likeness (QED) is 0.175. The highest BCUT2D eigenvalue weighted by molar-refractivity contribution is 7.29. The van der Waals surface area contributed by atoms with Gasteiger partial charge in [-0.25, -0.2) is 0 Å². The molecule has 0 fully saturated rings. The number of thiophene rings is 1. The van der Waals surface area contributed by atoms with Crippen LogP contribution in [-0.4, -0.2) is 7.28 Å². The summed E-state index contributed by atoms with van der Waals surface area (Å²) in [5, 5.41) is 7.57. The third kappa shape index (κ3) is 5.69. The van der Waals surface area contributed by atoms with E-state index in [9.17, 15) is 0 Å². The number of nitrogens with one attached hydrogen (secondary N) is 1. The summed E-state index contributed by atoms with van der Waals surface area (Å²) in [5.41, 5.74) is 19.0. The first-order valence-electron chi connectivity index (χ1n) is 23.0. The van der Waals surface area contributed by atoms with Gasteiger partial charge in [-0.1, -0.05) is 191 Å². The predicted octanol–water partition coefficient (Wildman–Crippen LogP) is 15.0. The summed E-state index contributed by atoms with van der Waals surface area (Å²) < 4.78 is 9.80. The van der Waals surface area contributed by atoms with Crippen LogP contribution in [0.4, 0.5) is 28.4 Å². The number of rotatable bonds is 5. The van der Waals surface area contributed by atoms with Gasteiger partial charge in [-0.15, -0.1) is 11.3 Å². The van der Waals surface area contributed by atoms with E-state index in [1.165, 1.54) is 70.6 Å². The van der Waals surface area contributed by atoms with Gasteiger partial charge >= 0.3 is 0 Å². The second-order valence-corrected chi connectivity index (χ2v) is 20.0. The molecular formula is C61H45BN2OS. The van der Waals surface area contributed by atoms with Crippen molar-refractivity contribution in [3.05, 3.63) is 234 Å². The molecule has 66 heavy (non-hydrogen) atoms. The maximum atomic E-state index is 7.18. The van der Waals surface area contributed by atoms with Crippen molar-refractivity contribution in [3.63, 3.8) is 0 Å². The summed E-state index contributed by atoms with van der Waals surface area (Å²) in [5.74, 6) is 0. The standard InChI is InChI=1S/C61H45BN2OS/c1-60(2,3)41-34-35-50(45(36-41)38-20-7-4-8-21-38)64-51-37-46-42-26-13-17-32-52(42)65-58(46)54(55(51)62-59-57(64)43-27-14-18-33-53(43)66-59)44-28-19-30-48-56(44)63-49-31-16-15-29-47(49)61(48,39-22-9-5-10-23-39)40-24-11-6-12-25-40/h4-37,62-63H,1-3H3. The first-order chi connectivity index (χ1) is 32.4. The zero-order valence-corrected chi connectivity index (χ0v) is 37.9. The molecule has 0 radical (unpaired) electrons. The highest BCUT2D eigenvalue weighted by Gasteiger charge is 2.45. The van der Waals surface area contributed by atoms with Crippen LogP contribution in [0.15, 0.2) is 211 Å². The van der Waals surface area contributed by atoms with Crippen molar-refractivity contribution in [1.82, 2.24) is 0 Å². The van der Waals surface area contributed by atoms with Gasteiger partial charge in [-0.2, -0.15) is 0 Å². The molecule has 4 heterocycles. The molecule has 2 aliphatic heterocycles. The third-order valence-corrected chi connectivity index (χ3v) is 15.3. The Morgan fingerprint density at radius 2 is 1.21 bits per heavy atom. The Balaban J connectivity index is 1.17. The molecule has 0 bridgehead atoms. The lowest BCUT2D eigenvalue weighted by Gasteiger charge is -2.43.